The summed E-state index contributed by atoms with van der Waals surface area (Å²) < 4.78 is 3.29. The van der Waals surface area contributed by atoms with Crippen molar-refractivity contribution < 1.29 is 14.7 Å². The first kappa shape index (κ1) is 6.81. The predicted octanol–water partition coefficient (Wildman–Crippen LogP) is 0.0488. The number of aldehydes is 1. The van der Waals surface area contributed by atoms with Crippen molar-refractivity contribution in [2.75, 3.05) is 0 Å². The van der Waals surface area contributed by atoms with Gasteiger partial charge in [-0.1, -0.05) is 4.49 Å². The van der Waals surface area contributed by atoms with Gasteiger partial charge in [0.25, 0.3) is 0 Å². The van der Waals surface area contributed by atoms with Gasteiger partial charge >= 0.3 is 5.97 Å². The van der Waals surface area contributed by atoms with Gasteiger partial charge in [-0.15, -0.1) is 5.10 Å². The fraction of sp³-hybridized carbons (Fsp3) is 0. The molecule has 0 radical (unpaired) electrons. The molecule has 1 N–H and O–H groups in total. The van der Waals surface area contributed by atoms with E-state index >= 15 is 0 Å². The number of nitrogens with zero attached hydrogens (tertiary/aromatic N) is 2. The number of aromatic carboxylic acids is 1. The van der Waals surface area contributed by atoms with Crippen LogP contribution in [0.1, 0.15) is 20.2 Å². The van der Waals surface area contributed by atoms with E-state index in [-0.39, 0.29) is 10.6 Å². The van der Waals surface area contributed by atoms with Crippen LogP contribution >= 0.6 is 11.5 Å². The smallest absolute Gasteiger partial charge is 0.349 e. The Morgan fingerprint density at radius 1 is 1.70 bits per heavy atom. The molecule has 10 heavy (non-hydrogen) atoms. The Balaban J connectivity index is 3.13. The van der Waals surface area contributed by atoms with E-state index in [0.29, 0.717) is 17.8 Å². The number of hydrogen-bond acceptors (Lipinski definition) is 5. The molecule has 52 valence electrons. The highest BCUT2D eigenvalue weighted by atomic mass is 32.1. The van der Waals surface area contributed by atoms with Crippen LogP contribution in [0.25, 0.3) is 0 Å². The van der Waals surface area contributed by atoms with E-state index in [1.54, 1.807) is 0 Å². The van der Waals surface area contributed by atoms with Gasteiger partial charge in [-0.25, -0.2) is 4.79 Å². The molecule has 0 aliphatic carbocycles. The summed E-state index contributed by atoms with van der Waals surface area (Å²) in [6.07, 6.45) is 0.368. The van der Waals surface area contributed by atoms with Crippen molar-refractivity contribution in [1.29, 1.82) is 0 Å². The van der Waals surface area contributed by atoms with Crippen LogP contribution in [0, 0.1) is 0 Å². The minimum atomic E-state index is -1.17. The van der Waals surface area contributed by atoms with Crippen molar-refractivity contribution in [2.45, 2.75) is 0 Å². The molecule has 0 bridgehead atoms. The number of aromatic nitrogens is 2. The third-order valence-corrected chi connectivity index (χ3v) is 1.55. The molecule has 0 saturated carbocycles. The van der Waals surface area contributed by atoms with Crippen molar-refractivity contribution in [3.05, 3.63) is 10.6 Å². The Kier molecular flexibility index (Phi) is 1.72. The lowest BCUT2D eigenvalue weighted by atomic mass is 10.4. The van der Waals surface area contributed by atoms with Gasteiger partial charge in [0, 0.05) is 0 Å². The van der Waals surface area contributed by atoms with Crippen LogP contribution in [-0.4, -0.2) is 26.9 Å². The number of carbonyl (C=O) groups excluding carboxylic acids is 1. The SMILES string of the molecule is O=Cc1nnsc1C(=O)O. The standard InChI is InChI=1S/C4H2N2O3S/c7-1-2-3(4(8)9)10-6-5-2/h1H,(H,8,9). The number of carboxylic acid groups (broad SMARTS) is 1. The lowest BCUT2D eigenvalue weighted by Crippen LogP contribution is -1.96. The average molecular weight is 158 g/mol. The number of hydrogen-bond donors (Lipinski definition) is 1. The van der Waals surface area contributed by atoms with Crippen molar-refractivity contribution in [3.63, 3.8) is 0 Å². The zero-order valence-corrected chi connectivity index (χ0v) is 5.46. The summed E-state index contributed by atoms with van der Waals surface area (Å²) in [6, 6.07) is 0. The molecule has 6 heteroatoms. The summed E-state index contributed by atoms with van der Waals surface area (Å²) in [5.74, 6) is -1.17. The van der Waals surface area contributed by atoms with Gasteiger partial charge in [0.05, 0.1) is 0 Å². The largest absolute Gasteiger partial charge is 0.477 e. The van der Waals surface area contributed by atoms with E-state index in [9.17, 15) is 9.59 Å². The summed E-state index contributed by atoms with van der Waals surface area (Å²) in [5.41, 5.74) is -0.113. The highest BCUT2D eigenvalue weighted by Crippen LogP contribution is 2.06. The molecule has 1 rings (SSSR count). The normalized spacial score (nSPS) is 9.20. The van der Waals surface area contributed by atoms with Crippen LogP contribution < -0.4 is 0 Å². The van der Waals surface area contributed by atoms with Gasteiger partial charge in [-0.3, -0.25) is 4.79 Å². The molecule has 1 aromatic rings. The van der Waals surface area contributed by atoms with Crippen LogP contribution in [0.5, 0.6) is 0 Å². The molecule has 0 aliphatic heterocycles. The van der Waals surface area contributed by atoms with Gasteiger partial charge < -0.3 is 5.11 Å². The molecule has 0 aromatic carbocycles. The van der Waals surface area contributed by atoms with Crippen molar-refractivity contribution in [3.8, 4) is 0 Å². The highest BCUT2D eigenvalue weighted by Gasteiger charge is 2.13. The Morgan fingerprint density at radius 3 is 2.80 bits per heavy atom. The van der Waals surface area contributed by atoms with E-state index in [0.717, 1.165) is 0 Å². The van der Waals surface area contributed by atoms with Gasteiger partial charge in [0.1, 0.15) is 0 Å². The van der Waals surface area contributed by atoms with Crippen LogP contribution in [0.2, 0.25) is 0 Å². The zero-order valence-electron chi connectivity index (χ0n) is 4.64. The Bertz CT molecular complexity index is 269. The Morgan fingerprint density at radius 2 is 2.40 bits per heavy atom. The minimum Gasteiger partial charge on any atom is -0.477 e. The number of carbonyl (C=O) groups is 2. The highest BCUT2D eigenvalue weighted by molar-refractivity contribution is 7.08. The van der Waals surface area contributed by atoms with Gasteiger partial charge in [0.15, 0.2) is 16.9 Å². The maximum absolute atomic E-state index is 10.2. The zero-order chi connectivity index (χ0) is 7.56. The first-order valence-corrected chi connectivity index (χ1v) is 3.04. The van der Waals surface area contributed by atoms with Crippen molar-refractivity contribution >= 4 is 23.8 Å². The van der Waals surface area contributed by atoms with Crippen molar-refractivity contribution in [2.24, 2.45) is 0 Å². The van der Waals surface area contributed by atoms with Crippen LogP contribution in [0.4, 0.5) is 0 Å². The molecule has 0 spiro atoms. The molecule has 0 fully saturated rings. The molecule has 1 heterocycles. The Labute approximate surface area is 59.5 Å². The van der Waals surface area contributed by atoms with Gasteiger partial charge in [0.2, 0.25) is 0 Å². The molecule has 0 unspecified atom stereocenters. The summed E-state index contributed by atoms with van der Waals surface area (Å²) in [5, 5.41) is 11.6. The van der Waals surface area contributed by atoms with E-state index in [1.165, 1.54) is 0 Å². The fourth-order valence-corrected chi connectivity index (χ4v) is 0.894. The lowest BCUT2D eigenvalue weighted by molar-refractivity contribution is 0.0699. The summed E-state index contributed by atoms with van der Waals surface area (Å²) in [6.45, 7) is 0. The van der Waals surface area contributed by atoms with Gasteiger partial charge in [-0.05, 0) is 11.5 Å². The third kappa shape index (κ3) is 1.01. The summed E-state index contributed by atoms with van der Waals surface area (Å²) >= 11 is 0.690. The van der Waals surface area contributed by atoms with E-state index in [2.05, 4.69) is 9.59 Å². The monoisotopic (exact) mass is 158 g/mol. The second kappa shape index (κ2) is 2.53. The summed E-state index contributed by atoms with van der Waals surface area (Å²) in [7, 11) is 0. The average Bonchev–Trinajstić information content (AvgIpc) is 2.33. The topological polar surface area (TPSA) is 80.2 Å². The number of rotatable bonds is 2. The van der Waals surface area contributed by atoms with E-state index in [1.807, 2.05) is 0 Å². The second-order valence-electron chi connectivity index (χ2n) is 1.41. The fourth-order valence-electron chi connectivity index (χ4n) is 0.423. The Hall–Kier alpha value is -1.30. The molecule has 0 amide bonds. The molecular weight excluding hydrogens is 156 g/mol. The number of carboxylic acids is 1. The molecular formula is C4H2N2O3S. The maximum Gasteiger partial charge on any atom is 0.349 e. The third-order valence-electron chi connectivity index (χ3n) is 0.819. The lowest BCUT2D eigenvalue weighted by Gasteiger charge is -1.81. The van der Waals surface area contributed by atoms with Gasteiger partial charge in [-0.2, -0.15) is 0 Å². The van der Waals surface area contributed by atoms with E-state index < -0.39 is 5.97 Å². The quantitative estimate of drug-likeness (QED) is 0.615. The predicted molar refractivity (Wildman–Crippen MR) is 32.3 cm³/mol. The van der Waals surface area contributed by atoms with Crippen LogP contribution in [-0.2, 0) is 0 Å². The van der Waals surface area contributed by atoms with E-state index in [4.69, 9.17) is 5.11 Å². The second-order valence-corrected chi connectivity index (χ2v) is 2.16. The molecule has 0 saturated heterocycles. The molecule has 0 aliphatic rings. The molecule has 0 atom stereocenters. The van der Waals surface area contributed by atoms with Crippen molar-refractivity contribution in [1.82, 2.24) is 9.59 Å². The van der Waals surface area contributed by atoms with Crippen LogP contribution in [0.15, 0.2) is 0 Å². The summed E-state index contributed by atoms with van der Waals surface area (Å²) in [4.78, 5) is 20.1. The minimum absolute atomic E-state index is 0.113. The first-order chi connectivity index (χ1) is 4.75. The first-order valence-electron chi connectivity index (χ1n) is 2.26. The molecule has 5 nitrogen and oxygen atoms in total. The van der Waals surface area contributed by atoms with Crippen LogP contribution in [0.3, 0.4) is 0 Å². The molecule has 1 aromatic heterocycles. The maximum atomic E-state index is 10.2.